The molecule has 0 unspecified atom stereocenters. The van der Waals surface area contributed by atoms with Crippen molar-refractivity contribution in [1.82, 2.24) is 0 Å². The van der Waals surface area contributed by atoms with Gasteiger partial charge in [-0.1, -0.05) is 48.3 Å². The highest BCUT2D eigenvalue weighted by Gasteiger charge is 2.32. The Labute approximate surface area is 169 Å². The van der Waals surface area contributed by atoms with E-state index in [9.17, 15) is 4.79 Å². The molecule has 1 heterocycles. The minimum absolute atomic E-state index is 0.109. The lowest BCUT2D eigenvalue weighted by Gasteiger charge is -2.14. The summed E-state index contributed by atoms with van der Waals surface area (Å²) >= 11 is 6.70. The molecular weight excluding hydrogens is 376 g/mol. The first-order valence-corrected chi connectivity index (χ1v) is 9.58. The monoisotopic (exact) mass is 396 g/mol. The van der Waals surface area contributed by atoms with Gasteiger partial charge in [0, 0.05) is 19.8 Å². The van der Waals surface area contributed by atoms with Gasteiger partial charge in [-0.05, 0) is 48.0 Å². The van der Waals surface area contributed by atoms with Gasteiger partial charge in [0.05, 0.1) is 17.7 Å². The van der Waals surface area contributed by atoms with Crippen molar-refractivity contribution in [3.8, 4) is 5.75 Å². The van der Waals surface area contributed by atoms with E-state index in [0.29, 0.717) is 9.23 Å². The van der Waals surface area contributed by atoms with Crippen LogP contribution in [0.5, 0.6) is 5.75 Å². The summed E-state index contributed by atoms with van der Waals surface area (Å²) in [4.78, 5) is 16.9. The summed E-state index contributed by atoms with van der Waals surface area (Å²) in [6.07, 6.45) is 5.66. The fourth-order valence-corrected chi connectivity index (χ4v) is 3.82. The number of methoxy groups -OCH3 is 1. The van der Waals surface area contributed by atoms with Crippen LogP contribution in [0.2, 0.25) is 0 Å². The lowest BCUT2D eigenvalue weighted by atomic mass is 10.2. The number of carbonyl (C=O) groups excluding carboxylic acids is 1. The summed E-state index contributed by atoms with van der Waals surface area (Å²) in [7, 11) is 5.63. The average Bonchev–Trinajstić information content (AvgIpc) is 2.96. The molecule has 138 valence electrons. The SMILES string of the molecule is COc1ccc(N2C(=O)C(=CC=Cc3ccc(N(C)C)cc3)SC2=S)cc1. The number of nitrogens with zero attached hydrogens (tertiary/aromatic N) is 2. The molecule has 2 aromatic carbocycles. The second kappa shape index (κ2) is 8.41. The third-order valence-electron chi connectivity index (χ3n) is 4.07. The van der Waals surface area contributed by atoms with E-state index in [2.05, 4.69) is 17.0 Å². The largest absolute Gasteiger partial charge is 0.497 e. The molecule has 0 aliphatic carbocycles. The Morgan fingerprint density at radius 2 is 1.74 bits per heavy atom. The van der Waals surface area contributed by atoms with Gasteiger partial charge in [0.1, 0.15) is 5.75 Å². The van der Waals surface area contributed by atoms with E-state index in [1.54, 1.807) is 12.0 Å². The summed E-state index contributed by atoms with van der Waals surface area (Å²) in [5.74, 6) is 0.630. The van der Waals surface area contributed by atoms with E-state index in [1.807, 2.05) is 68.7 Å². The molecule has 1 fully saturated rings. The first kappa shape index (κ1) is 19.2. The number of allylic oxidation sites excluding steroid dienone is 2. The van der Waals surface area contributed by atoms with Crippen molar-refractivity contribution in [3.05, 3.63) is 71.2 Å². The standard InChI is InChI=1S/C21H20N2O2S2/c1-22(2)16-9-7-15(8-10-16)5-4-6-19-20(24)23(21(26)27-19)17-11-13-18(25-3)14-12-17/h4-14H,1-3H3. The van der Waals surface area contributed by atoms with Crippen LogP contribution in [-0.2, 0) is 4.79 Å². The third-order valence-corrected chi connectivity index (χ3v) is 5.39. The Morgan fingerprint density at radius 1 is 1.07 bits per heavy atom. The van der Waals surface area contributed by atoms with Gasteiger partial charge in [0.2, 0.25) is 0 Å². The maximum atomic E-state index is 12.7. The summed E-state index contributed by atoms with van der Waals surface area (Å²) in [6, 6.07) is 15.5. The lowest BCUT2D eigenvalue weighted by molar-refractivity contribution is -0.113. The molecule has 1 saturated heterocycles. The number of amides is 1. The van der Waals surface area contributed by atoms with Crippen molar-refractivity contribution in [3.63, 3.8) is 0 Å². The summed E-state index contributed by atoms with van der Waals surface area (Å²) in [5.41, 5.74) is 2.96. The maximum absolute atomic E-state index is 12.7. The first-order chi connectivity index (χ1) is 13.0. The number of hydrogen-bond donors (Lipinski definition) is 0. The van der Waals surface area contributed by atoms with Gasteiger partial charge in [0.15, 0.2) is 4.32 Å². The molecule has 0 saturated carbocycles. The minimum atomic E-state index is -0.109. The van der Waals surface area contributed by atoms with Gasteiger partial charge in [-0.3, -0.25) is 9.69 Å². The Morgan fingerprint density at radius 3 is 2.33 bits per heavy atom. The molecule has 1 amide bonds. The van der Waals surface area contributed by atoms with Crippen molar-refractivity contribution in [1.29, 1.82) is 0 Å². The Bertz CT molecular complexity index is 901. The maximum Gasteiger partial charge on any atom is 0.270 e. The van der Waals surface area contributed by atoms with Crippen molar-refractivity contribution < 1.29 is 9.53 Å². The molecule has 27 heavy (non-hydrogen) atoms. The van der Waals surface area contributed by atoms with Crippen molar-refractivity contribution in [2.75, 3.05) is 31.0 Å². The van der Waals surface area contributed by atoms with Gasteiger partial charge < -0.3 is 9.64 Å². The molecule has 3 rings (SSSR count). The number of benzene rings is 2. The quantitative estimate of drug-likeness (QED) is 0.539. The normalized spacial score (nSPS) is 15.8. The van der Waals surface area contributed by atoms with Gasteiger partial charge in [-0.25, -0.2) is 0 Å². The number of ether oxygens (including phenoxy) is 1. The third kappa shape index (κ3) is 4.40. The number of hydrogen-bond acceptors (Lipinski definition) is 5. The predicted molar refractivity (Wildman–Crippen MR) is 119 cm³/mol. The van der Waals surface area contributed by atoms with E-state index in [0.717, 1.165) is 22.7 Å². The highest BCUT2D eigenvalue weighted by atomic mass is 32.2. The van der Waals surface area contributed by atoms with Crippen molar-refractivity contribution in [2.24, 2.45) is 0 Å². The Hall–Kier alpha value is -2.57. The molecule has 0 spiro atoms. The topological polar surface area (TPSA) is 32.8 Å². The molecule has 0 radical (unpaired) electrons. The van der Waals surface area contributed by atoms with Crippen LogP contribution in [0, 0.1) is 0 Å². The number of anilines is 2. The predicted octanol–water partition coefficient (Wildman–Crippen LogP) is 4.72. The van der Waals surface area contributed by atoms with Crippen LogP contribution < -0.4 is 14.5 Å². The van der Waals surface area contributed by atoms with Crippen LogP contribution >= 0.6 is 24.0 Å². The molecular formula is C21H20N2O2S2. The summed E-state index contributed by atoms with van der Waals surface area (Å²) in [5, 5.41) is 0. The molecule has 1 aliphatic rings. The number of rotatable bonds is 5. The minimum Gasteiger partial charge on any atom is -0.497 e. The van der Waals surface area contributed by atoms with Crippen LogP contribution in [0.1, 0.15) is 5.56 Å². The Kier molecular flexibility index (Phi) is 5.98. The number of thiocarbonyl (C=S) groups is 1. The van der Waals surface area contributed by atoms with Gasteiger partial charge in [-0.15, -0.1) is 0 Å². The summed E-state index contributed by atoms with van der Waals surface area (Å²) < 4.78 is 5.69. The van der Waals surface area contributed by atoms with E-state index < -0.39 is 0 Å². The molecule has 2 aromatic rings. The lowest BCUT2D eigenvalue weighted by Crippen LogP contribution is -2.27. The van der Waals surface area contributed by atoms with E-state index in [4.69, 9.17) is 17.0 Å². The number of carbonyl (C=O) groups is 1. The highest BCUT2D eigenvalue weighted by Crippen LogP contribution is 2.35. The molecule has 0 atom stereocenters. The average molecular weight is 397 g/mol. The van der Waals surface area contributed by atoms with E-state index in [1.165, 1.54) is 11.8 Å². The van der Waals surface area contributed by atoms with Gasteiger partial charge in [0.25, 0.3) is 5.91 Å². The van der Waals surface area contributed by atoms with E-state index in [-0.39, 0.29) is 5.91 Å². The van der Waals surface area contributed by atoms with E-state index >= 15 is 0 Å². The molecule has 6 heteroatoms. The van der Waals surface area contributed by atoms with Crippen LogP contribution in [0.15, 0.2) is 65.6 Å². The molecule has 0 N–H and O–H groups in total. The molecule has 0 bridgehead atoms. The van der Waals surface area contributed by atoms with Crippen LogP contribution in [-0.4, -0.2) is 31.4 Å². The molecule has 0 aromatic heterocycles. The number of thioether (sulfide) groups is 1. The zero-order chi connectivity index (χ0) is 19.4. The second-order valence-electron chi connectivity index (χ2n) is 6.08. The molecule has 1 aliphatic heterocycles. The smallest absolute Gasteiger partial charge is 0.270 e. The van der Waals surface area contributed by atoms with Gasteiger partial charge >= 0.3 is 0 Å². The fourth-order valence-electron chi connectivity index (χ4n) is 2.57. The second-order valence-corrected chi connectivity index (χ2v) is 7.76. The summed E-state index contributed by atoms with van der Waals surface area (Å²) in [6.45, 7) is 0. The van der Waals surface area contributed by atoms with Gasteiger partial charge in [-0.2, -0.15) is 0 Å². The highest BCUT2D eigenvalue weighted by molar-refractivity contribution is 8.27. The Balaban J connectivity index is 1.73. The van der Waals surface area contributed by atoms with Crippen molar-refractivity contribution >= 4 is 51.7 Å². The zero-order valence-corrected chi connectivity index (χ0v) is 17.0. The fraction of sp³-hybridized carbons (Fsp3) is 0.143. The van der Waals surface area contributed by atoms with Crippen LogP contribution in [0.25, 0.3) is 6.08 Å². The van der Waals surface area contributed by atoms with Crippen LogP contribution in [0.4, 0.5) is 11.4 Å². The van der Waals surface area contributed by atoms with Crippen molar-refractivity contribution in [2.45, 2.75) is 0 Å². The molecule has 4 nitrogen and oxygen atoms in total. The van der Waals surface area contributed by atoms with Crippen LogP contribution in [0.3, 0.4) is 0 Å². The zero-order valence-electron chi connectivity index (χ0n) is 15.4. The first-order valence-electron chi connectivity index (χ1n) is 8.35.